The van der Waals surface area contributed by atoms with Crippen LogP contribution in [-0.4, -0.2) is 32.8 Å². The highest BCUT2D eigenvalue weighted by molar-refractivity contribution is 5.74. The number of carbonyl (C=O) groups is 1. The van der Waals surface area contributed by atoms with E-state index in [1.165, 1.54) is 19.3 Å². The number of amides is 2. The lowest BCUT2D eigenvalue weighted by Crippen LogP contribution is -2.43. The third-order valence-corrected chi connectivity index (χ3v) is 4.46. The summed E-state index contributed by atoms with van der Waals surface area (Å²) < 4.78 is 10.6. The normalized spacial score (nSPS) is 15.1. The fraction of sp³-hybridized carbons (Fsp3) is 0.611. The lowest BCUT2D eigenvalue weighted by atomic mass is 9.96. The van der Waals surface area contributed by atoms with Gasteiger partial charge in [-0.25, -0.2) is 4.79 Å². The van der Waals surface area contributed by atoms with Gasteiger partial charge in [0.25, 0.3) is 0 Å². The maximum Gasteiger partial charge on any atom is 0.315 e. The first-order valence-electron chi connectivity index (χ1n) is 8.40. The Kier molecular flexibility index (Phi) is 6.56. The molecule has 2 rings (SSSR count). The molecule has 2 N–H and O–H groups in total. The molecule has 0 radical (unpaired) electrons. The predicted octanol–water partition coefficient (Wildman–Crippen LogP) is 3.19. The molecule has 23 heavy (non-hydrogen) atoms. The Morgan fingerprint density at radius 3 is 2.43 bits per heavy atom. The van der Waals surface area contributed by atoms with Crippen molar-refractivity contribution in [3.63, 3.8) is 0 Å². The van der Waals surface area contributed by atoms with E-state index in [1.807, 2.05) is 19.1 Å². The molecule has 1 saturated carbocycles. The van der Waals surface area contributed by atoms with Gasteiger partial charge in [-0.1, -0.05) is 19.3 Å². The Morgan fingerprint density at radius 2 is 1.78 bits per heavy atom. The number of nitrogens with one attached hydrogen (secondary N) is 2. The predicted molar refractivity (Wildman–Crippen MR) is 91.4 cm³/mol. The van der Waals surface area contributed by atoms with Gasteiger partial charge in [-0.05, 0) is 49.4 Å². The zero-order valence-electron chi connectivity index (χ0n) is 14.4. The van der Waals surface area contributed by atoms with Crippen LogP contribution in [0.25, 0.3) is 0 Å². The number of rotatable bonds is 6. The minimum absolute atomic E-state index is 0.0602. The first kappa shape index (κ1) is 17.4. The molecule has 5 nitrogen and oxygen atoms in total. The molecule has 1 aromatic carbocycles. The van der Waals surface area contributed by atoms with E-state index in [-0.39, 0.29) is 6.03 Å². The van der Waals surface area contributed by atoms with Crippen LogP contribution < -0.4 is 20.1 Å². The molecule has 2 amide bonds. The third kappa shape index (κ3) is 5.05. The van der Waals surface area contributed by atoms with Gasteiger partial charge in [0, 0.05) is 12.6 Å². The Bertz CT molecular complexity index is 525. The van der Waals surface area contributed by atoms with Gasteiger partial charge in [0.2, 0.25) is 0 Å². The summed E-state index contributed by atoms with van der Waals surface area (Å²) in [6.07, 6.45) is 6.69. The first-order valence-corrected chi connectivity index (χ1v) is 8.40. The molecule has 1 aliphatic carbocycles. The van der Waals surface area contributed by atoms with Crippen molar-refractivity contribution in [1.82, 2.24) is 10.6 Å². The Balaban J connectivity index is 1.82. The lowest BCUT2D eigenvalue weighted by molar-refractivity contribution is 0.233. The van der Waals surface area contributed by atoms with Crippen molar-refractivity contribution in [3.8, 4) is 11.5 Å². The average Bonchev–Trinajstić information content (AvgIpc) is 2.56. The average molecular weight is 320 g/mol. The second-order valence-corrected chi connectivity index (χ2v) is 6.12. The number of hydrogen-bond donors (Lipinski definition) is 2. The van der Waals surface area contributed by atoms with Gasteiger partial charge in [0.15, 0.2) is 11.5 Å². The van der Waals surface area contributed by atoms with Crippen molar-refractivity contribution >= 4 is 6.03 Å². The molecule has 0 heterocycles. The van der Waals surface area contributed by atoms with Crippen molar-refractivity contribution < 1.29 is 14.3 Å². The van der Waals surface area contributed by atoms with Crippen LogP contribution in [0.2, 0.25) is 0 Å². The fourth-order valence-corrected chi connectivity index (χ4v) is 3.09. The van der Waals surface area contributed by atoms with E-state index in [0.717, 1.165) is 41.9 Å². The maximum atomic E-state index is 11.9. The van der Waals surface area contributed by atoms with E-state index in [4.69, 9.17) is 9.47 Å². The lowest BCUT2D eigenvalue weighted by Gasteiger charge is -2.23. The van der Waals surface area contributed by atoms with E-state index >= 15 is 0 Å². The van der Waals surface area contributed by atoms with Gasteiger partial charge in [-0.2, -0.15) is 0 Å². The van der Waals surface area contributed by atoms with E-state index < -0.39 is 0 Å². The number of carbonyl (C=O) groups excluding carboxylic acids is 1. The molecule has 1 aliphatic rings. The zero-order valence-corrected chi connectivity index (χ0v) is 14.4. The minimum Gasteiger partial charge on any atom is -0.493 e. The van der Waals surface area contributed by atoms with Gasteiger partial charge in [-0.3, -0.25) is 0 Å². The molecule has 0 spiro atoms. The number of benzene rings is 1. The molecule has 0 bridgehead atoms. The highest BCUT2D eigenvalue weighted by Gasteiger charge is 2.15. The van der Waals surface area contributed by atoms with E-state index in [2.05, 4.69) is 10.6 Å². The van der Waals surface area contributed by atoms with Crippen LogP contribution in [0.3, 0.4) is 0 Å². The van der Waals surface area contributed by atoms with Crippen LogP contribution in [0, 0.1) is 6.92 Å². The quantitative estimate of drug-likeness (QED) is 0.846. The van der Waals surface area contributed by atoms with Crippen molar-refractivity contribution in [2.45, 2.75) is 51.5 Å². The maximum absolute atomic E-state index is 11.9. The van der Waals surface area contributed by atoms with Crippen LogP contribution in [0.5, 0.6) is 11.5 Å². The minimum atomic E-state index is -0.0602. The number of methoxy groups -OCH3 is 2. The summed E-state index contributed by atoms with van der Waals surface area (Å²) in [5.74, 6) is 1.46. The second kappa shape index (κ2) is 8.65. The van der Waals surface area contributed by atoms with Gasteiger partial charge in [0.1, 0.15) is 0 Å². The molecule has 5 heteroatoms. The summed E-state index contributed by atoms with van der Waals surface area (Å²) in [5, 5.41) is 6.02. The molecule has 0 atom stereocenters. The number of ether oxygens (including phenoxy) is 2. The zero-order chi connectivity index (χ0) is 16.7. The van der Waals surface area contributed by atoms with Gasteiger partial charge >= 0.3 is 6.03 Å². The summed E-state index contributed by atoms with van der Waals surface area (Å²) in [6, 6.07) is 4.23. The van der Waals surface area contributed by atoms with E-state index in [0.29, 0.717) is 12.6 Å². The van der Waals surface area contributed by atoms with Crippen molar-refractivity contribution in [3.05, 3.63) is 23.3 Å². The molecule has 128 valence electrons. The summed E-state index contributed by atoms with van der Waals surface area (Å²) in [4.78, 5) is 11.9. The van der Waals surface area contributed by atoms with E-state index in [1.54, 1.807) is 14.2 Å². The smallest absolute Gasteiger partial charge is 0.315 e. The second-order valence-electron chi connectivity index (χ2n) is 6.12. The number of aryl methyl sites for hydroxylation is 1. The number of hydrogen-bond acceptors (Lipinski definition) is 3. The summed E-state index contributed by atoms with van der Waals surface area (Å²) in [7, 11) is 3.26. The standard InChI is InChI=1S/C18H28N2O3/c1-13-11-16(22-2)17(23-3)12-14(13)9-10-19-18(21)20-15-7-5-4-6-8-15/h11-12,15H,4-10H2,1-3H3,(H2,19,20,21). The highest BCUT2D eigenvalue weighted by Crippen LogP contribution is 2.30. The molecule has 1 fully saturated rings. The van der Waals surface area contributed by atoms with Crippen molar-refractivity contribution in [2.24, 2.45) is 0 Å². The Labute approximate surface area is 138 Å². The largest absolute Gasteiger partial charge is 0.493 e. The summed E-state index contributed by atoms with van der Waals surface area (Å²) >= 11 is 0. The topological polar surface area (TPSA) is 59.6 Å². The van der Waals surface area contributed by atoms with Crippen molar-refractivity contribution in [2.75, 3.05) is 20.8 Å². The molecule has 0 aliphatic heterocycles. The van der Waals surface area contributed by atoms with Crippen LogP contribution >= 0.6 is 0 Å². The monoisotopic (exact) mass is 320 g/mol. The Hall–Kier alpha value is -1.91. The molecule has 1 aromatic rings. The van der Waals surface area contributed by atoms with Crippen LogP contribution in [-0.2, 0) is 6.42 Å². The molecule has 0 saturated heterocycles. The van der Waals surface area contributed by atoms with Gasteiger partial charge in [0.05, 0.1) is 14.2 Å². The van der Waals surface area contributed by atoms with Crippen LogP contribution in [0.4, 0.5) is 4.79 Å². The third-order valence-electron chi connectivity index (χ3n) is 4.46. The fourth-order valence-electron chi connectivity index (χ4n) is 3.09. The molecular formula is C18H28N2O3. The number of urea groups is 1. The van der Waals surface area contributed by atoms with Gasteiger partial charge in [-0.15, -0.1) is 0 Å². The Morgan fingerprint density at radius 1 is 1.13 bits per heavy atom. The molecular weight excluding hydrogens is 292 g/mol. The SMILES string of the molecule is COc1cc(C)c(CCNC(=O)NC2CCCCC2)cc1OC. The summed E-state index contributed by atoms with van der Waals surface area (Å²) in [6.45, 7) is 2.65. The molecule has 0 aromatic heterocycles. The highest BCUT2D eigenvalue weighted by atomic mass is 16.5. The van der Waals surface area contributed by atoms with Crippen LogP contribution in [0.15, 0.2) is 12.1 Å². The van der Waals surface area contributed by atoms with Crippen LogP contribution in [0.1, 0.15) is 43.2 Å². The van der Waals surface area contributed by atoms with Gasteiger partial charge < -0.3 is 20.1 Å². The summed E-state index contributed by atoms with van der Waals surface area (Å²) in [5.41, 5.74) is 2.29. The van der Waals surface area contributed by atoms with Crippen molar-refractivity contribution in [1.29, 1.82) is 0 Å². The first-order chi connectivity index (χ1) is 11.1. The van der Waals surface area contributed by atoms with E-state index in [9.17, 15) is 4.79 Å². The molecule has 0 unspecified atom stereocenters.